The van der Waals surface area contributed by atoms with Gasteiger partial charge in [-0.3, -0.25) is 9.59 Å². The Morgan fingerprint density at radius 2 is 1.93 bits per heavy atom. The molecule has 2 heterocycles. The number of rotatable bonds is 9. The summed E-state index contributed by atoms with van der Waals surface area (Å²) >= 11 is 1.73. The van der Waals surface area contributed by atoms with Crippen LogP contribution in [0.3, 0.4) is 0 Å². The van der Waals surface area contributed by atoms with Crippen molar-refractivity contribution in [1.82, 2.24) is 4.57 Å². The Balaban J connectivity index is 1.75. The number of primary amides is 1. The van der Waals surface area contributed by atoms with Crippen LogP contribution in [-0.4, -0.2) is 30.0 Å². The molecular formula is C22H24N2O4S. The molecule has 0 atom stereocenters. The van der Waals surface area contributed by atoms with Crippen LogP contribution < -0.4 is 15.2 Å². The fourth-order valence-electron chi connectivity index (χ4n) is 3.34. The Morgan fingerprint density at radius 1 is 1.14 bits per heavy atom. The second-order valence-corrected chi connectivity index (χ2v) is 7.71. The number of nitrogens with two attached hydrogens (primary N) is 1. The highest BCUT2D eigenvalue weighted by Gasteiger charge is 2.20. The number of amides is 1. The molecule has 152 valence electrons. The monoisotopic (exact) mass is 412 g/mol. The first-order chi connectivity index (χ1) is 13.9. The molecule has 0 bridgehead atoms. The van der Waals surface area contributed by atoms with Gasteiger partial charge in [-0.05, 0) is 49.9 Å². The maximum absolute atomic E-state index is 12.8. The molecule has 0 aliphatic heterocycles. The molecule has 2 aromatic heterocycles. The van der Waals surface area contributed by atoms with Gasteiger partial charge in [-0.25, -0.2) is 0 Å². The van der Waals surface area contributed by atoms with Crippen molar-refractivity contribution in [2.75, 3.05) is 13.7 Å². The van der Waals surface area contributed by atoms with Crippen LogP contribution in [0.1, 0.15) is 37.0 Å². The largest absolute Gasteiger partial charge is 0.493 e. The Labute approximate surface area is 173 Å². The van der Waals surface area contributed by atoms with Crippen LogP contribution in [-0.2, 0) is 13.0 Å². The standard InChI is InChI=1S/C22H24N2O4S/c1-14-12-18(15(2)24(14)10-9-16-6-5-11-29-16)19(25)13-28-21-17(22(23)26)7-4-8-20(21)27-3/h4-8,11-12H,9-10,13H2,1-3H3,(H2,23,26). The van der Waals surface area contributed by atoms with Gasteiger partial charge in [0.25, 0.3) is 5.91 Å². The Bertz CT molecular complexity index is 1020. The van der Waals surface area contributed by atoms with Gasteiger partial charge in [-0.15, -0.1) is 11.3 Å². The van der Waals surface area contributed by atoms with E-state index >= 15 is 0 Å². The van der Waals surface area contributed by atoms with Crippen molar-refractivity contribution in [3.05, 3.63) is 69.2 Å². The second kappa shape index (κ2) is 8.96. The number of carbonyl (C=O) groups excluding carboxylic acids is 2. The van der Waals surface area contributed by atoms with E-state index in [2.05, 4.69) is 16.0 Å². The lowest BCUT2D eigenvalue weighted by Crippen LogP contribution is -2.17. The highest BCUT2D eigenvalue weighted by Crippen LogP contribution is 2.31. The van der Waals surface area contributed by atoms with E-state index in [4.69, 9.17) is 15.2 Å². The van der Waals surface area contributed by atoms with E-state index in [0.717, 1.165) is 24.4 Å². The van der Waals surface area contributed by atoms with Crippen LogP contribution in [0.15, 0.2) is 41.8 Å². The second-order valence-electron chi connectivity index (χ2n) is 6.68. The van der Waals surface area contributed by atoms with Crippen molar-refractivity contribution < 1.29 is 19.1 Å². The van der Waals surface area contributed by atoms with E-state index in [-0.39, 0.29) is 23.7 Å². The number of thiophene rings is 1. The third-order valence-electron chi connectivity index (χ3n) is 4.85. The molecule has 0 fully saturated rings. The number of ether oxygens (including phenoxy) is 2. The third-order valence-corrected chi connectivity index (χ3v) is 5.78. The predicted molar refractivity (Wildman–Crippen MR) is 113 cm³/mol. The first-order valence-corrected chi connectivity index (χ1v) is 10.1. The lowest BCUT2D eigenvalue weighted by molar-refractivity contribution is 0.0909. The molecular weight excluding hydrogens is 388 g/mol. The summed E-state index contributed by atoms with van der Waals surface area (Å²) in [6.45, 7) is 4.53. The zero-order valence-corrected chi connectivity index (χ0v) is 17.5. The van der Waals surface area contributed by atoms with E-state index in [1.165, 1.54) is 12.0 Å². The fraction of sp³-hybridized carbons (Fsp3) is 0.273. The summed E-state index contributed by atoms with van der Waals surface area (Å²) in [6, 6.07) is 10.9. The molecule has 3 aromatic rings. The number of hydrogen-bond donors (Lipinski definition) is 1. The highest BCUT2D eigenvalue weighted by atomic mass is 32.1. The number of nitrogens with zero attached hydrogens (tertiary/aromatic N) is 1. The van der Waals surface area contributed by atoms with E-state index in [0.29, 0.717) is 11.3 Å². The molecule has 0 aliphatic carbocycles. The molecule has 1 aromatic carbocycles. The number of carbonyl (C=O) groups is 2. The SMILES string of the molecule is COc1cccc(C(N)=O)c1OCC(=O)c1cc(C)n(CCc2cccs2)c1C. The third kappa shape index (κ3) is 4.51. The minimum atomic E-state index is -0.641. The minimum absolute atomic E-state index is 0.165. The number of para-hydroxylation sites is 1. The van der Waals surface area contributed by atoms with E-state index in [9.17, 15) is 9.59 Å². The molecule has 2 N–H and O–H groups in total. The molecule has 29 heavy (non-hydrogen) atoms. The van der Waals surface area contributed by atoms with Crippen LogP contribution in [0.25, 0.3) is 0 Å². The quantitative estimate of drug-likeness (QED) is 0.542. The van der Waals surface area contributed by atoms with E-state index in [1.807, 2.05) is 26.0 Å². The normalized spacial score (nSPS) is 10.7. The molecule has 0 unspecified atom stereocenters. The van der Waals surface area contributed by atoms with Crippen LogP contribution in [0.4, 0.5) is 0 Å². The molecule has 0 saturated carbocycles. The Kier molecular flexibility index (Phi) is 6.39. The molecule has 0 radical (unpaired) electrons. The van der Waals surface area contributed by atoms with Crippen LogP contribution >= 0.6 is 11.3 Å². The molecule has 0 saturated heterocycles. The van der Waals surface area contributed by atoms with Gasteiger partial charge in [-0.1, -0.05) is 12.1 Å². The number of ketones is 1. The van der Waals surface area contributed by atoms with Gasteiger partial charge in [0.15, 0.2) is 18.1 Å². The number of benzene rings is 1. The van der Waals surface area contributed by atoms with Gasteiger partial charge < -0.3 is 19.8 Å². The zero-order chi connectivity index (χ0) is 21.0. The first-order valence-electron chi connectivity index (χ1n) is 9.24. The van der Waals surface area contributed by atoms with Crippen LogP contribution in [0, 0.1) is 13.8 Å². The van der Waals surface area contributed by atoms with E-state index in [1.54, 1.807) is 29.5 Å². The van der Waals surface area contributed by atoms with Crippen molar-refractivity contribution in [2.24, 2.45) is 5.73 Å². The van der Waals surface area contributed by atoms with Crippen molar-refractivity contribution in [3.8, 4) is 11.5 Å². The van der Waals surface area contributed by atoms with Crippen LogP contribution in [0.2, 0.25) is 0 Å². The minimum Gasteiger partial charge on any atom is -0.493 e. The maximum atomic E-state index is 12.8. The smallest absolute Gasteiger partial charge is 0.252 e. The first kappa shape index (κ1) is 20.7. The van der Waals surface area contributed by atoms with Gasteiger partial charge in [0.2, 0.25) is 5.78 Å². The average molecular weight is 413 g/mol. The number of hydrogen-bond acceptors (Lipinski definition) is 5. The maximum Gasteiger partial charge on any atom is 0.252 e. The Hall–Kier alpha value is -3.06. The summed E-state index contributed by atoms with van der Waals surface area (Å²) in [5.74, 6) is -0.266. The number of methoxy groups -OCH3 is 1. The number of aryl methyl sites for hydroxylation is 2. The Morgan fingerprint density at radius 3 is 2.59 bits per heavy atom. The predicted octanol–water partition coefficient (Wildman–Crippen LogP) is 3.78. The lowest BCUT2D eigenvalue weighted by atomic mass is 10.1. The molecule has 3 rings (SSSR count). The van der Waals surface area contributed by atoms with Crippen molar-refractivity contribution in [3.63, 3.8) is 0 Å². The summed E-state index contributed by atoms with van der Waals surface area (Å²) in [5, 5.41) is 2.06. The highest BCUT2D eigenvalue weighted by molar-refractivity contribution is 7.09. The van der Waals surface area contributed by atoms with Gasteiger partial charge in [-0.2, -0.15) is 0 Å². The van der Waals surface area contributed by atoms with Crippen molar-refractivity contribution in [2.45, 2.75) is 26.8 Å². The summed E-state index contributed by atoms with van der Waals surface area (Å²) in [4.78, 5) is 25.8. The molecule has 0 aliphatic rings. The zero-order valence-electron chi connectivity index (χ0n) is 16.7. The average Bonchev–Trinajstić information content (AvgIpc) is 3.32. The van der Waals surface area contributed by atoms with E-state index < -0.39 is 5.91 Å². The molecule has 0 spiro atoms. The molecule has 6 nitrogen and oxygen atoms in total. The fourth-order valence-corrected chi connectivity index (χ4v) is 4.04. The van der Waals surface area contributed by atoms with Gasteiger partial charge >= 0.3 is 0 Å². The molecule has 7 heteroatoms. The summed E-state index contributed by atoms with van der Waals surface area (Å²) in [7, 11) is 1.47. The number of Topliss-reactive ketones (excluding diaryl/α,β-unsaturated/α-hetero) is 1. The van der Waals surface area contributed by atoms with Gasteiger partial charge in [0, 0.05) is 28.4 Å². The van der Waals surface area contributed by atoms with Crippen molar-refractivity contribution in [1.29, 1.82) is 0 Å². The summed E-state index contributed by atoms with van der Waals surface area (Å²) in [5.41, 5.74) is 8.14. The summed E-state index contributed by atoms with van der Waals surface area (Å²) < 4.78 is 13.1. The number of aromatic nitrogens is 1. The lowest BCUT2D eigenvalue weighted by Gasteiger charge is -2.13. The van der Waals surface area contributed by atoms with Gasteiger partial charge in [0.1, 0.15) is 0 Å². The topological polar surface area (TPSA) is 83.6 Å². The molecule has 1 amide bonds. The summed E-state index contributed by atoms with van der Waals surface area (Å²) in [6.07, 6.45) is 0.918. The van der Waals surface area contributed by atoms with Crippen LogP contribution in [0.5, 0.6) is 11.5 Å². The van der Waals surface area contributed by atoms with Gasteiger partial charge in [0.05, 0.1) is 12.7 Å². The van der Waals surface area contributed by atoms with Crippen molar-refractivity contribution >= 4 is 23.0 Å².